The molecule has 4 N–H and O–H groups in total. The zero-order chi connectivity index (χ0) is 9.97. The number of benzene rings is 2. The molecule has 0 aliphatic rings. The lowest BCUT2D eigenvalue weighted by Gasteiger charge is -2.12. The third-order valence-electron chi connectivity index (χ3n) is 2.48. The van der Waals surface area contributed by atoms with Gasteiger partial charge in [0.2, 0.25) is 0 Å². The topological polar surface area (TPSA) is 52.0 Å². The zero-order valence-electron chi connectivity index (χ0n) is 7.98. The van der Waals surface area contributed by atoms with Crippen molar-refractivity contribution in [3.63, 3.8) is 0 Å². The fraction of sp³-hybridized carbons (Fsp3) is 0.167. The number of nitrogens with two attached hydrogens (primary N) is 2. The van der Waals surface area contributed by atoms with Crippen molar-refractivity contribution in [3.05, 3.63) is 48.0 Å². The molecule has 0 aliphatic carbocycles. The van der Waals surface area contributed by atoms with Crippen LogP contribution >= 0.6 is 0 Å². The van der Waals surface area contributed by atoms with Gasteiger partial charge in [0.1, 0.15) is 0 Å². The van der Waals surface area contributed by atoms with Crippen molar-refractivity contribution >= 4 is 10.8 Å². The Morgan fingerprint density at radius 3 is 2.50 bits per heavy atom. The molecule has 0 aliphatic heterocycles. The largest absolute Gasteiger partial charge is 0.329 e. The summed E-state index contributed by atoms with van der Waals surface area (Å²) in [6, 6.07) is 14.3. The third-order valence-corrected chi connectivity index (χ3v) is 2.48. The van der Waals surface area contributed by atoms with Gasteiger partial charge in [0.25, 0.3) is 0 Å². The lowest BCUT2D eigenvalue weighted by atomic mass is 9.99. The maximum absolute atomic E-state index is 5.94. The van der Waals surface area contributed by atoms with E-state index in [-0.39, 0.29) is 6.04 Å². The van der Waals surface area contributed by atoms with Crippen molar-refractivity contribution in [1.82, 2.24) is 0 Å². The van der Waals surface area contributed by atoms with Crippen LogP contribution in [0.4, 0.5) is 0 Å². The Hall–Kier alpha value is -1.38. The van der Waals surface area contributed by atoms with E-state index in [1.54, 1.807) is 0 Å². The summed E-state index contributed by atoms with van der Waals surface area (Å²) in [4.78, 5) is 0. The van der Waals surface area contributed by atoms with Crippen LogP contribution in [0.1, 0.15) is 11.6 Å². The number of fused-ring (bicyclic) bond motifs is 1. The first kappa shape index (κ1) is 9.19. The lowest BCUT2D eigenvalue weighted by molar-refractivity contribution is 0.743. The van der Waals surface area contributed by atoms with Crippen LogP contribution in [0.3, 0.4) is 0 Å². The molecule has 2 aromatic carbocycles. The van der Waals surface area contributed by atoms with Crippen LogP contribution < -0.4 is 11.5 Å². The van der Waals surface area contributed by atoms with Gasteiger partial charge in [-0.2, -0.15) is 0 Å². The van der Waals surface area contributed by atoms with E-state index in [4.69, 9.17) is 11.5 Å². The molecule has 0 saturated heterocycles. The highest BCUT2D eigenvalue weighted by molar-refractivity contribution is 5.86. The van der Waals surface area contributed by atoms with Crippen molar-refractivity contribution in [2.24, 2.45) is 11.5 Å². The van der Waals surface area contributed by atoms with Crippen molar-refractivity contribution in [3.8, 4) is 0 Å². The predicted octanol–water partition coefficient (Wildman–Crippen LogP) is 1.80. The SMILES string of the molecule is NC[C@H](N)c1cccc2ccccc12. The van der Waals surface area contributed by atoms with Gasteiger partial charge in [-0.1, -0.05) is 42.5 Å². The van der Waals surface area contributed by atoms with Crippen LogP contribution in [-0.4, -0.2) is 6.54 Å². The first-order valence-corrected chi connectivity index (χ1v) is 4.76. The molecular weight excluding hydrogens is 172 g/mol. The Morgan fingerprint density at radius 1 is 1.00 bits per heavy atom. The highest BCUT2D eigenvalue weighted by atomic mass is 14.7. The maximum atomic E-state index is 5.94. The fourth-order valence-electron chi connectivity index (χ4n) is 1.70. The van der Waals surface area contributed by atoms with Gasteiger partial charge >= 0.3 is 0 Å². The van der Waals surface area contributed by atoms with E-state index in [0.717, 1.165) is 5.56 Å². The summed E-state index contributed by atoms with van der Waals surface area (Å²) < 4.78 is 0. The van der Waals surface area contributed by atoms with Crippen molar-refractivity contribution < 1.29 is 0 Å². The molecule has 0 aromatic heterocycles. The Balaban J connectivity index is 2.65. The summed E-state index contributed by atoms with van der Waals surface area (Å²) in [5.41, 5.74) is 12.6. The van der Waals surface area contributed by atoms with Crippen LogP contribution in [-0.2, 0) is 0 Å². The smallest absolute Gasteiger partial charge is 0.0425 e. The summed E-state index contributed by atoms with van der Waals surface area (Å²) in [5, 5.41) is 2.42. The number of rotatable bonds is 2. The predicted molar refractivity (Wildman–Crippen MR) is 59.9 cm³/mol. The molecular formula is C12H14N2. The van der Waals surface area contributed by atoms with E-state index in [0.29, 0.717) is 6.54 Å². The van der Waals surface area contributed by atoms with Gasteiger partial charge in [-0.3, -0.25) is 0 Å². The monoisotopic (exact) mass is 186 g/mol. The van der Waals surface area contributed by atoms with Gasteiger partial charge in [-0.25, -0.2) is 0 Å². The molecule has 2 aromatic rings. The third kappa shape index (κ3) is 1.50. The Kier molecular flexibility index (Phi) is 2.48. The van der Waals surface area contributed by atoms with Gasteiger partial charge in [0, 0.05) is 12.6 Å². The van der Waals surface area contributed by atoms with Gasteiger partial charge in [0.15, 0.2) is 0 Å². The molecule has 2 nitrogen and oxygen atoms in total. The molecule has 2 heteroatoms. The van der Waals surface area contributed by atoms with Crippen LogP contribution in [0.25, 0.3) is 10.8 Å². The van der Waals surface area contributed by atoms with Crippen LogP contribution in [0.2, 0.25) is 0 Å². The summed E-state index contributed by atoms with van der Waals surface area (Å²) >= 11 is 0. The van der Waals surface area contributed by atoms with Gasteiger partial charge in [-0.15, -0.1) is 0 Å². The minimum Gasteiger partial charge on any atom is -0.329 e. The highest BCUT2D eigenvalue weighted by Crippen LogP contribution is 2.22. The Morgan fingerprint density at radius 2 is 1.71 bits per heavy atom. The lowest BCUT2D eigenvalue weighted by Crippen LogP contribution is -2.20. The van der Waals surface area contributed by atoms with Crippen molar-refractivity contribution in [1.29, 1.82) is 0 Å². The fourth-order valence-corrected chi connectivity index (χ4v) is 1.70. The number of hydrogen-bond donors (Lipinski definition) is 2. The van der Waals surface area contributed by atoms with E-state index in [1.807, 2.05) is 24.3 Å². The summed E-state index contributed by atoms with van der Waals surface area (Å²) in [7, 11) is 0. The molecule has 14 heavy (non-hydrogen) atoms. The molecule has 2 rings (SSSR count). The standard InChI is InChI=1S/C12H14N2/c13-8-12(14)11-7-3-5-9-4-1-2-6-10(9)11/h1-7,12H,8,13-14H2/t12-/m0/s1. The van der Waals surface area contributed by atoms with E-state index in [9.17, 15) is 0 Å². The molecule has 0 amide bonds. The van der Waals surface area contributed by atoms with E-state index in [2.05, 4.69) is 18.2 Å². The second-order valence-corrected chi connectivity index (χ2v) is 3.41. The van der Waals surface area contributed by atoms with Crippen LogP contribution in [0, 0.1) is 0 Å². The van der Waals surface area contributed by atoms with Crippen LogP contribution in [0.15, 0.2) is 42.5 Å². The average molecular weight is 186 g/mol. The van der Waals surface area contributed by atoms with Gasteiger partial charge in [-0.05, 0) is 16.3 Å². The van der Waals surface area contributed by atoms with E-state index < -0.39 is 0 Å². The molecule has 0 fully saturated rings. The first-order chi connectivity index (χ1) is 6.83. The molecule has 0 saturated carbocycles. The minimum absolute atomic E-state index is 0.0684. The zero-order valence-corrected chi connectivity index (χ0v) is 7.98. The van der Waals surface area contributed by atoms with Crippen molar-refractivity contribution in [2.45, 2.75) is 6.04 Å². The molecule has 0 heterocycles. The van der Waals surface area contributed by atoms with E-state index >= 15 is 0 Å². The Labute approximate surface area is 83.5 Å². The highest BCUT2D eigenvalue weighted by Gasteiger charge is 2.06. The Bertz CT molecular complexity index is 432. The molecule has 0 unspecified atom stereocenters. The minimum atomic E-state index is -0.0684. The van der Waals surface area contributed by atoms with Crippen LogP contribution in [0.5, 0.6) is 0 Å². The number of hydrogen-bond acceptors (Lipinski definition) is 2. The summed E-state index contributed by atoms with van der Waals surface area (Å²) in [6.45, 7) is 0.480. The van der Waals surface area contributed by atoms with Gasteiger partial charge < -0.3 is 11.5 Å². The summed E-state index contributed by atoms with van der Waals surface area (Å²) in [5.74, 6) is 0. The second kappa shape index (κ2) is 3.78. The van der Waals surface area contributed by atoms with Crippen molar-refractivity contribution in [2.75, 3.05) is 6.54 Å². The molecule has 0 bridgehead atoms. The molecule has 0 spiro atoms. The molecule has 72 valence electrons. The molecule has 0 radical (unpaired) electrons. The van der Waals surface area contributed by atoms with Gasteiger partial charge in [0.05, 0.1) is 0 Å². The average Bonchev–Trinajstić information content (AvgIpc) is 2.27. The first-order valence-electron chi connectivity index (χ1n) is 4.76. The van der Waals surface area contributed by atoms with E-state index in [1.165, 1.54) is 10.8 Å². The summed E-state index contributed by atoms with van der Waals surface area (Å²) in [6.07, 6.45) is 0. The maximum Gasteiger partial charge on any atom is 0.0425 e. The normalized spacial score (nSPS) is 13.0. The quantitative estimate of drug-likeness (QED) is 0.751. The molecule has 1 atom stereocenters. The second-order valence-electron chi connectivity index (χ2n) is 3.41.